The standard InChI is InChI=1S/C13H17ClN2O6S/c1-2-9-22-13(17)10(7-8-14)15-23(20,21)12-6-4-3-5-11(12)16(18)19/h3-6,10,15H,2,7-9H2,1H3/t10-/m0/s1. The average Bonchev–Trinajstić information content (AvgIpc) is 2.52. The average molecular weight is 365 g/mol. The number of carbonyl (C=O) groups is 1. The molecule has 1 aromatic carbocycles. The summed E-state index contributed by atoms with van der Waals surface area (Å²) in [6, 6.07) is 3.66. The van der Waals surface area contributed by atoms with Gasteiger partial charge in [-0.05, 0) is 18.9 Å². The number of hydrogen-bond donors (Lipinski definition) is 1. The van der Waals surface area contributed by atoms with Gasteiger partial charge in [-0.15, -0.1) is 11.6 Å². The molecule has 0 radical (unpaired) electrons. The minimum absolute atomic E-state index is 0.00393. The van der Waals surface area contributed by atoms with Crippen molar-refractivity contribution in [3.05, 3.63) is 34.4 Å². The molecule has 1 rings (SSSR count). The molecular weight excluding hydrogens is 348 g/mol. The largest absolute Gasteiger partial charge is 0.465 e. The quantitative estimate of drug-likeness (QED) is 0.309. The Bertz CT molecular complexity index is 664. The lowest BCUT2D eigenvalue weighted by Crippen LogP contribution is -2.42. The van der Waals surface area contributed by atoms with E-state index in [0.717, 1.165) is 12.1 Å². The highest BCUT2D eigenvalue weighted by molar-refractivity contribution is 7.89. The van der Waals surface area contributed by atoms with Crippen molar-refractivity contribution >= 4 is 33.3 Å². The second-order valence-corrected chi connectivity index (χ2v) is 6.60. The summed E-state index contributed by atoms with van der Waals surface area (Å²) in [7, 11) is -4.28. The Hall–Kier alpha value is -1.71. The lowest BCUT2D eigenvalue weighted by atomic mass is 10.2. The fraction of sp³-hybridized carbons (Fsp3) is 0.462. The van der Waals surface area contributed by atoms with Crippen molar-refractivity contribution in [2.75, 3.05) is 12.5 Å². The van der Waals surface area contributed by atoms with Crippen molar-refractivity contribution < 1.29 is 22.9 Å². The minimum atomic E-state index is -4.28. The van der Waals surface area contributed by atoms with Gasteiger partial charge in [-0.25, -0.2) is 8.42 Å². The van der Waals surface area contributed by atoms with Crippen LogP contribution < -0.4 is 4.72 Å². The third-order valence-electron chi connectivity index (χ3n) is 2.78. The Labute approximate surface area is 139 Å². The highest BCUT2D eigenvalue weighted by atomic mass is 35.5. The van der Waals surface area contributed by atoms with Gasteiger partial charge in [-0.1, -0.05) is 19.1 Å². The first-order valence-corrected chi connectivity index (χ1v) is 8.83. The molecular formula is C13H17ClN2O6S. The van der Waals surface area contributed by atoms with Crippen LogP contribution in [0.2, 0.25) is 0 Å². The molecule has 0 aliphatic heterocycles. The van der Waals surface area contributed by atoms with Gasteiger partial charge in [0.15, 0.2) is 4.90 Å². The molecule has 0 spiro atoms. The van der Waals surface area contributed by atoms with Gasteiger partial charge in [0.1, 0.15) is 6.04 Å². The number of benzene rings is 1. The van der Waals surface area contributed by atoms with Crippen molar-refractivity contribution in [2.45, 2.75) is 30.7 Å². The number of halogens is 1. The number of para-hydroxylation sites is 1. The highest BCUT2D eigenvalue weighted by Crippen LogP contribution is 2.23. The number of nitrogens with one attached hydrogen (secondary N) is 1. The number of esters is 1. The van der Waals surface area contributed by atoms with Gasteiger partial charge in [0.25, 0.3) is 5.69 Å². The van der Waals surface area contributed by atoms with Crippen LogP contribution in [0.3, 0.4) is 0 Å². The maximum atomic E-state index is 12.4. The molecule has 0 fully saturated rings. The summed E-state index contributed by atoms with van der Waals surface area (Å²) in [6.45, 7) is 1.94. The van der Waals surface area contributed by atoms with E-state index in [0.29, 0.717) is 6.42 Å². The van der Waals surface area contributed by atoms with Gasteiger partial charge < -0.3 is 4.74 Å². The molecule has 1 atom stereocenters. The molecule has 1 N–H and O–H groups in total. The molecule has 23 heavy (non-hydrogen) atoms. The van der Waals surface area contributed by atoms with E-state index in [2.05, 4.69) is 4.72 Å². The van der Waals surface area contributed by atoms with Crippen LogP contribution in [0.4, 0.5) is 5.69 Å². The van der Waals surface area contributed by atoms with Crippen molar-refractivity contribution in [1.29, 1.82) is 0 Å². The van der Waals surface area contributed by atoms with Gasteiger partial charge in [-0.3, -0.25) is 14.9 Å². The van der Waals surface area contributed by atoms with Crippen LogP contribution in [-0.4, -0.2) is 37.8 Å². The van der Waals surface area contributed by atoms with E-state index in [-0.39, 0.29) is 18.9 Å². The van der Waals surface area contributed by atoms with Gasteiger partial charge in [-0.2, -0.15) is 4.72 Å². The molecule has 128 valence electrons. The van der Waals surface area contributed by atoms with Gasteiger partial charge >= 0.3 is 5.97 Å². The van der Waals surface area contributed by atoms with E-state index < -0.39 is 37.5 Å². The number of ether oxygens (including phenoxy) is 1. The van der Waals surface area contributed by atoms with Crippen LogP contribution in [0, 0.1) is 10.1 Å². The Morgan fingerprint density at radius 3 is 2.65 bits per heavy atom. The van der Waals surface area contributed by atoms with Crippen molar-refractivity contribution in [1.82, 2.24) is 4.72 Å². The number of alkyl halides is 1. The number of hydrogen-bond acceptors (Lipinski definition) is 6. The topological polar surface area (TPSA) is 116 Å². The van der Waals surface area contributed by atoms with Crippen LogP contribution in [0.25, 0.3) is 0 Å². The zero-order valence-electron chi connectivity index (χ0n) is 12.4. The third kappa shape index (κ3) is 5.45. The monoisotopic (exact) mass is 364 g/mol. The smallest absolute Gasteiger partial charge is 0.324 e. The van der Waals surface area contributed by atoms with Crippen molar-refractivity contribution in [2.24, 2.45) is 0 Å². The predicted molar refractivity (Wildman–Crippen MR) is 83.8 cm³/mol. The summed E-state index contributed by atoms with van der Waals surface area (Å²) in [6.07, 6.45) is 0.584. The molecule has 10 heteroatoms. The van der Waals surface area contributed by atoms with Crippen LogP contribution in [0.15, 0.2) is 29.2 Å². The molecule has 0 aliphatic carbocycles. The maximum Gasteiger partial charge on any atom is 0.324 e. The van der Waals surface area contributed by atoms with Crippen LogP contribution in [-0.2, 0) is 19.6 Å². The second kappa shape index (κ2) is 8.80. The minimum Gasteiger partial charge on any atom is -0.465 e. The number of nitro benzene ring substituents is 1. The van der Waals surface area contributed by atoms with Crippen LogP contribution in [0.5, 0.6) is 0 Å². The zero-order chi connectivity index (χ0) is 17.5. The summed E-state index contributed by atoms with van der Waals surface area (Å²) >= 11 is 5.58. The number of nitro groups is 1. The molecule has 0 heterocycles. The highest BCUT2D eigenvalue weighted by Gasteiger charge is 2.31. The normalized spacial score (nSPS) is 12.6. The van der Waals surface area contributed by atoms with Gasteiger partial charge in [0.2, 0.25) is 10.0 Å². The first-order chi connectivity index (χ1) is 10.8. The maximum absolute atomic E-state index is 12.4. The molecule has 0 aromatic heterocycles. The van der Waals surface area contributed by atoms with Crippen LogP contribution >= 0.6 is 11.6 Å². The first-order valence-electron chi connectivity index (χ1n) is 6.81. The van der Waals surface area contributed by atoms with E-state index in [4.69, 9.17) is 16.3 Å². The molecule has 0 bridgehead atoms. The zero-order valence-corrected chi connectivity index (χ0v) is 14.0. The van der Waals surface area contributed by atoms with Gasteiger partial charge in [0, 0.05) is 11.9 Å². The van der Waals surface area contributed by atoms with E-state index in [1.807, 2.05) is 0 Å². The Morgan fingerprint density at radius 2 is 2.09 bits per heavy atom. The number of rotatable bonds is 9. The van der Waals surface area contributed by atoms with E-state index in [1.165, 1.54) is 12.1 Å². The van der Waals surface area contributed by atoms with E-state index in [9.17, 15) is 23.3 Å². The summed E-state index contributed by atoms with van der Waals surface area (Å²) in [5.74, 6) is -0.750. The lowest BCUT2D eigenvalue weighted by molar-refractivity contribution is -0.387. The molecule has 0 saturated heterocycles. The third-order valence-corrected chi connectivity index (χ3v) is 4.52. The van der Waals surface area contributed by atoms with E-state index >= 15 is 0 Å². The Kier molecular flexibility index (Phi) is 7.40. The summed E-state index contributed by atoms with van der Waals surface area (Å²) in [5.41, 5.74) is -0.577. The van der Waals surface area contributed by atoms with Gasteiger partial charge in [0.05, 0.1) is 11.5 Å². The van der Waals surface area contributed by atoms with Crippen molar-refractivity contribution in [3.8, 4) is 0 Å². The van der Waals surface area contributed by atoms with Crippen molar-refractivity contribution in [3.63, 3.8) is 0 Å². The summed E-state index contributed by atoms with van der Waals surface area (Å²) in [4.78, 5) is 21.5. The molecule has 0 amide bonds. The SMILES string of the molecule is CCCOC(=O)[C@H](CCCl)NS(=O)(=O)c1ccccc1[N+](=O)[O-]. The first kappa shape index (κ1) is 19.3. The molecule has 0 saturated carbocycles. The molecule has 1 aromatic rings. The fourth-order valence-electron chi connectivity index (χ4n) is 1.72. The number of carbonyl (C=O) groups excluding carboxylic acids is 1. The molecule has 0 aliphatic rings. The predicted octanol–water partition coefficient (Wildman–Crippen LogP) is 1.82. The fourth-order valence-corrected chi connectivity index (χ4v) is 3.33. The summed E-state index contributed by atoms with van der Waals surface area (Å²) < 4.78 is 31.7. The van der Waals surface area contributed by atoms with Crippen LogP contribution in [0.1, 0.15) is 19.8 Å². The number of nitrogens with zero attached hydrogens (tertiary/aromatic N) is 1. The molecule has 8 nitrogen and oxygen atoms in total. The lowest BCUT2D eigenvalue weighted by Gasteiger charge is -2.16. The Balaban J connectivity index is 3.07. The molecule has 0 unspecified atom stereocenters. The number of sulfonamides is 1. The Morgan fingerprint density at radius 1 is 1.43 bits per heavy atom. The van der Waals surface area contributed by atoms with E-state index in [1.54, 1.807) is 6.92 Å². The summed E-state index contributed by atoms with van der Waals surface area (Å²) in [5, 5.41) is 11.0. The second-order valence-electron chi connectivity index (χ2n) is 4.54.